The number of carbonyl (C=O) groups excluding carboxylic acids is 3. The lowest BCUT2D eigenvalue weighted by atomic mass is 9.68. The molecule has 2 rings (SSSR count). The van der Waals surface area contributed by atoms with Crippen LogP contribution in [0.3, 0.4) is 0 Å². The van der Waals surface area contributed by atoms with E-state index in [2.05, 4.69) is 0 Å². The fourth-order valence-corrected chi connectivity index (χ4v) is 3.69. The van der Waals surface area contributed by atoms with Gasteiger partial charge in [0.25, 0.3) is 0 Å². The Morgan fingerprint density at radius 3 is 2.25 bits per heavy atom. The number of Topliss-reactive ketones (excluding diaryl/α,β-unsaturated/α-hetero) is 2. The Morgan fingerprint density at radius 2 is 1.85 bits per heavy atom. The maximum atomic E-state index is 12.7. The minimum absolute atomic E-state index is 0.254. The van der Waals surface area contributed by atoms with Crippen LogP contribution in [-0.2, 0) is 14.4 Å². The van der Waals surface area contributed by atoms with Crippen LogP contribution in [0.15, 0.2) is 0 Å². The number of carbonyl (C=O) groups is 3. The van der Waals surface area contributed by atoms with E-state index >= 15 is 0 Å². The number of nitrogens with zero attached hydrogens (tertiary/aromatic N) is 3. The van der Waals surface area contributed by atoms with Gasteiger partial charge >= 0.3 is 0 Å². The molecular formula is C14H15N3O3. The molecule has 2 fully saturated rings. The van der Waals surface area contributed by atoms with Crippen molar-refractivity contribution in [2.24, 2.45) is 16.7 Å². The summed E-state index contributed by atoms with van der Waals surface area (Å²) in [4.78, 5) is 38.1. The molecule has 2 atom stereocenters. The number of nitriles is 2. The van der Waals surface area contributed by atoms with Crippen LogP contribution in [-0.4, -0.2) is 35.5 Å². The molecule has 0 aromatic carbocycles. The molecule has 0 saturated heterocycles. The van der Waals surface area contributed by atoms with Crippen molar-refractivity contribution >= 4 is 17.5 Å². The summed E-state index contributed by atoms with van der Waals surface area (Å²) >= 11 is 0. The Morgan fingerprint density at radius 1 is 1.30 bits per heavy atom. The lowest BCUT2D eigenvalue weighted by Gasteiger charge is -2.36. The summed E-state index contributed by atoms with van der Waals surface area (Å²) in [5, 5.41) is 17.5. The number of hydrogen-bond donors (Lipinski definition) is 0. The third-order valence-corrected chi connectivity index (χ3v) is 4.88. The Bertz CT molecular complexity index is 565. The lowest BCUT2D eigenvalue weighted by Crippen LogP contribution is -2.52. The first-order valence-corrected chi connectivity index (χ1v) is 6.46. The van der Waals surface area contributed by atoms with Gasteiger partial charge in [-0.2, -0.15) is 10.5 Å². The average Bonchev–Trinajstić information content (AvgIpc) is 2.74. The average molecular weight is 273 g/mol. The predicted octanol–water partition coefficient (Wildman–Crippen LogP) is 0.437. The van der Waals surface area contributed by atoms with Crippen molar-refractivity contribution in [3.8, 4) is 12.1 Å². The summed E-state index contributed by atoms with van der Waals surface area (Å²) in [6.07, 6.45) is 0.831. The van der Waals surface area contributed by atoms with E-state index in [9.17, 15) is 14.4 Å². The quantitative estimate of drug-likeness (QED) is 0.421. The molecule has 0 radical (unpaired) electrons. The zero-order valence-electron chi connectivity index (χ0n) is 11.5. The molecule has 0 aromatic rings. The van der Waals surface area contributed by atoms with Gasteiger partial charge in [0, 0.05) is 5.92 Å². The molecule has 6 nitrogen and oxygen atoms in total. The molecule has 2 saturated carbocycles. The zero-order valence-corrected chi connectivity index (χ0v) is 11.5. The standard InChI is InChI=1S/C14H15N3O3/c1-13(2)9-3-4-14(13,11(19)10(9)18)12(20)17(7-5-15)8-6-16/h9H,3-4,7-8H2,1-2H3. The first kappa shape index (κ1) is 14.2. The summed E-state index contributed by atoms with van der Waals surface area (Å²) in [5.41, 5.74) is -2.14. The van der Waals surface area contributed by atoms with Crippen molar-refractivity contribution < 1.29 is 14.4 Å². The van der Waals surface area contributed by atoms with Gasteiger partial charge in [-0.25, -0.2) is 0 Å². The van der Waals surface area contributed by atoms with Crippen LogP contribution in [0.4, 0.5) is 0 Å². The summed E-state index contributed by atoms with van der Waals surface area (Å²) < 4.78 is 0. The fraction of sp³-hybridized carbons (Fsp3) is 0.643. The second-order valence-electron chi connectivity index (χ2n) is 5.89. The van der Waals surface area contributed by atoms with Gasteiger partial charge in [-0.3, -0.25) is 14.4 Å². The van der Waals surface area contributed by atoms with E-state index < -0.39 is 34.2 Å². The molecule has 6 heteroatoms. The Balaban J connectivity index is 2.47. The number of rotatable bonds is 3. The fourth-order valence-electron chi connectivity index (χ4n) is 3.69. The summed E-state index contributed by atoms with van der Waals surface area (Å²) in [5.74, 6) is -2.11. The third kappa shape index (κ3) is 1.45. The van der Waals surface area contributed by atoms with Crippen LogP contribution in [0.5, 0.6) is 0 Å². The first-order valence-electron chi connectivity index (χ1n) is 6.46. The van der Waals surface area contributed by atoms with E-state index in [0.717, 1.165) is 4.90 Å². The molecular weight excluding hydrogens is 258 g/mol. The molecule has 2 aliphatic carbocycles. The highest BCUT2D eigenvalue weighted by Gasteiger charge is 2.73. The highest BCUT2D eigenvalue weighted by molar-refractivity contribution is 6.47. The minimum Gasteiger partial charge on any atom is -0.315 e. The lowest BCUT2D eigenvalue weighted by molar-refractivity contribution is -0.154. The Kier molecular flexibility index (Phi) is 3.14. The Hall–Kier alpha value is -2.21. The van der Waals surface area contributed by atoms with Crippen LogP contribution in [0.25, 0.3) is 0 Å². The molecule has 2 aliphatic rings. The molecule has 0 heterocycles. The second-order valence-corrected chi connectivity index (χ2v) is 5.89. The van der Waals surface area contributed by atoms with Gasteiger partial charge in [0.2, 0.25) is 17.5 Å². The van der Waals surface area contributed by atoms with E-state index in [-0.39, 0.29) is 13.1 Å². The van der Waals surface area contributed by atoms with Crippen LogP contribution in [0, 0.1) is 39.4 Å². The van der Waals surface area contributed by atoms with Gasteiger partial charge in [-0.05, 0) is 18.3 Å². The number of hydrogen-bond acceptors (Lipinski definition) is 5. The molecule has 104 valence electrons. The van der Waals surface area contributed by atoms with Crippen molar-refractivity contribution in [3.05, 3.63) is 0 Å². The highest BCUT2D eigenvalue weighted by Crippen LogP contribution is 2.63. The first-order chi connectivity index (χ1) is 9.34. The number of amides is 1. The van der Waals surface area contributed by atoms with Crippen LogP contribution in [0.1, 0.15) is 26.7 Å². The van der Waals surface area contributed by atoms with Crippen LogP contribution in [0.2, 0.25) is 0 Å². The highest BCUT2D eigenvalue weighted by atomic mass is 16.2. The maximum Gasteiger partial charge on any atom is 0.239 e. The van der Waals surface area contributed by atoms with Crippen molar-refractivity contribution in [1.29, 1.82) is 10.5 Å². The van der Waals surface area contributed by atoms with Gasteiger partial charge < -0.3 is 4.90 Å². The smallest absolute Gasteiger partial charge is 0.239 e. The molecule has 20 heavy (non-hydrogen) atoms. The van der Waals surface area contributed by atoms with E-state index in [1.165, 1.54) is 0 Å². The van der Waals surface area contributed by atoms with Gasteiger partial charge in [0.15, 0.2) is 0 Å². The largest absolute Gasteiger partial charge is 0.315 e. The second kappa shape index (κ2) is 4.42. The molecule has 2 unspecified atom stereocenters. The predicted molar refractivity (Wildman–Crippen MR) is 66.8 cm³/mol. The van der Waals surface area contributed by atoms with E-state index in [1.54, 1.807) is 13.8 Å². The van der Waals surface area contributed by atoms with Gasteiger partial charge in [-0.15, -0.1) is 0 Å². The summed E-state index contributed by atoms with van der Waals surface area (Å²) in [7, 11) is 0. The minimum atomic E-state index is -1.39. The molecule has 0 aliphatic heterocycles. The monoisotopic (exact) mass is 273 g/mol. The maximum absolute atomic E-state index is 12.7. The van der Waals surface area contributed by atoms with Gasteiger partial charge in [0.05, 0.1) is 12.1 Å². The molecule has 0 aromatic heterocycles. The number of fused-ring (bicyclic) bond motifs is 2. The van der Waals surface area contributed by atoms with Gasteiger partial charge in [-0.1, -0.05) is 13.8 Å². The molecule has 1 amide bonds. The van der Waals surface area contributed by atoms with E-state index in [4.69, 9.17) is 10.5 Å². The van der Waals surface area contributed by atoms with Gasteiger partial charge in [0.1, 0.15) is 18.5 Å². The Labute approximate surface area is 117 Å². The zero-order chi connectivity index (χ0) is 15.1. The van der Waals surface area contributed by atoms with E-state index in [0.29, 0.717) is 12.8 Å². The molecule has 2 bridgehead atoms. The molecule has 0 N–H and O–H groups in total. The van der Waals surface area contributed by atoms with Crippen LogP contribution >= 0.6 is 0 Å². The normalized spacial score (nSPS) is 29.9. The van der Waals surface area contributed by atoms with Crippen molar-refractivity contribution in [3.63, 3.8) is 0 Å². The number of ketones is 2. The van der Waals surface area contributed by atoms with Crippen molar-refractivity contribution in [2.45, 2.75) is 26.7 Å². The third-order valence-electron chi connectivity index (χ3n) is 4.88. The molecule has 0 spiro atoms. The van der Waals surface area contributed by atoms with Crippen LogP contribution < -0.4 is 0 Å². The SMILES string of the molecule is CC1(C)C2CCC1(C(=O)N(CC#N)CC#N)C(=O)C2=O. The van der Waals surface area contributed by atoms with Crippen molar-refractivity contribution in [1.82, 2.24) is 4.90 Å². The summed E-state index contributed by atoms with van der Waals surface area (Å²) in [6, 6.07) is 3.65. The topological polar surface area (TPSA) is 102 Å². The van der Waals surface area contributed by atoms with Crippen molar-refractivity contribution in [2.75, 3.05) is 13.1 Å². The van der Waals surface area contributed by atoms with E-state index in [1.807, 2.05) is 12.1 Å². The summed E-state index contributed by atoms with van der Waals surface area (Å²) in [6.45, 7) is 3.00.